The Morgan fingerprint density at radius 3 is 2.54 bits per heavy atom. The van der Waals surface area contributed by atoms with Crippen LogP contribution in [0.5, 0.6) is 5.75 Å². The molecule has 0 aliphatic heterocycles. The molecule has 0 amide bonds. The van der Waals surface area contributed by atoms with Crippen LogP contribution in [0.1, 0.15) is 6.92 Å². The van der Waals surface area contributed by atoms with E-state index in [4.69, 9.17) is 4.74 Å². The second kappa shape index (κ2) is 6.37. The lowest BCUT2D eigenvalue weighted by atomic mass is 10.3. The molecule has 0 saturated carbocycles. The van der Waals surface area contributed by atoms with Crippen LogP contribution in [0.25, 0.3) is 10.2 Å². The van der Waals surface area contributed by atoms with Crippen molar-refractivity contribution in [1.82, 2.24) is 4.57 Å². The Morgan fingerprint density at radius 1 is 1.21 bits per heavy atom. The van der Waals surface area contributed by atoms with Crippen molar-refractivity contribution in [3.8, 4) is 5.75 Å². The molecule has 24 heavy (non-hydrogen) atoms. The van der Waals surface area contributed by atoms with Gasteiger partial charge in [0.2, 0.25) is 4.80 Å². The van der Waals surface area contributed by atoms with E-state index in [0.717, 1.165) is 22.3 Å². The lowest BCUT2D eigenvalue weighted by Gasteiger charge is -2.05. The first-order valence-corrected chi connectivity index (χ1v) is 9.45. The number of hydrogen-bond acceptors (Lipinski definition) is 4. The van der Waals surface area contributed by atoms with Gasteiger partial charge in [0.05, 0.1) is 16.7 Å². The summed E-state index contributed by atoms with van der Waals surface area (Å²) in [7, 11) is -2.35. The van der Waals surface area contributed by atoms with E-state index in [1.165, 1.54) is 23.5 Å². The minimum atomic E-state index is -3.92. The Kier molecular flexibility index (Phi) is 4.42. The van der Waals surface area contributed by atoms with Gasteiger partial charge in [0.25, 0.3) is 10.0 Å². The van der Waals surface area contributed by atoms with Gasteiger partial charge < -0.3 is 9.30 Å². The number of methoxy groups -OCH3 is 1. The van der Waals surface area contributed by atoms with Crippen molar-refractivity contribution in [2.24, 2.45) is 4.40 Å². The molecule has 0 saturated heterocycles. The molecule has 0 radical (unpaired) electrons. The van der Waals surface area contributed by atoms with Gasteiger partial charge in [0.15, 0.2) is 0 Å². The average Bonchev–Trinajstić information content (AvgIpc) is 2.91. The van der Waals surface area contributed by atoms with Gasteiger partial charge in [-0.05, 0) is 43.3 Å². The van der Waals surface area contributed by atoms with Crippen molar-refractivity contribution in [3.63, 3.8) is 0 Å². The summed E-state index contributed by atoms with van der Waals surface area (Å²) in [6, 6.07) is 10.2. The number of benzene rings is 2. The van der Waals surface area contributed by atoms with Gasteiger partial charge >= 0.3 is 0 Å². The van der Waals surface area contributed by atoms with Gasteiger partial charge in [0.1, 0.15) is 17.1 Å². The van der Waals surface area contributed by atoms with Gasteiger partial charge in [-0.1, -0.05) is 17.4 Å². The highest BCUT2D eigenvalue weighted by Crippen LogP contribution is 2.27. The Hall–Kier alpha value is -2.19. The zero-order valence-corrected chi connectivity index (χ0v) is 14.7. The summed E-state index contributed by atoms with van der Waals surface area (Å²) in [4.78, 5) is 0.303. The van der Waals surface area contributed by atoms with Gasteiger partial charge in [-0.15, -0.1) is 4.40 Å². The number of ether oxygens (including phenoxy) is 1. The van der Waals surface area contributed by atoms with Crippen molar-refractivity contribution >= 4 is 31.6 Å². The molecule has 3 rings (SSSR count). The molecule has 5 nitrogen and oxygen atoms in total. The summed E-state index contributed by atoms with van der Waals surface area (Å²) in [5.74, 6) is 0.162. The molecule has 8 heteroatoms. The maximum absolute atomic E-state index is 13.0. The third kappa shape index (κ3) is 2.94. The molecule has 126 valence electrons. The minimum absolute atomic E-state index is 0.0454. The quantitative estimate of drug-likeness (QED) is 0.713. The van der Waals surface area contributed by atoms with Gasteiger partial charge in [-0.25, -0.2) is 4.39 Å². The van der Waals surface area contributed by atoms with E-state index in [2.05, 4.69) is 4.40 Å². The second-order valence-corrected chi connectivity index (χ2v) is 7.57. The first-order valence-electron chi connectivity index (χ1n) is 7.19. The molecule has 0 atom stereocenters. The highest BCUT2D eigenvalue weighted by atomic mass is 32.2. The molecule has 0 bridgehead atoms. The van der Waals surface area contributed by atoms with Crippen LogP contribution in [0, 0.1) is 5.82 Å². The van der Waals surface area contributed by atoms with Crippen LogP contribution in [0.15, 0.2) is 51.8 Å². The van der Waals surface area contributed by atoms with E-state index in [0.29, 0.717) is 17.1 Å². The number of nitrogens with zero attached hydrogens (tertiary/aromatic N) is 2. The third-order valence-corrected chi connectivity index (χ3v) is 5.95. The summed E-state index contributed by atoms with van der Waals surface area (Å²) in [5.41, 5.74) is 0.806. The van der Waals surface area contributed by atoms with Crippen molar-refractivity contribution in [1.29, 1.82) is 0 Å². The summed E-state index contributed by atoms with van der Waals surface area (Å²) in [6.07, 6.45) is 0. The zero-order chi connectivity index (χ0) is 17.3. The molecule has 0 N–H and O–H groups in total. The first-order chi connectivity index (χ1) is 11.5. The molecule has 0 spiro atoms. The van der Waals surface area contributed by atoms with Crippen LogP contribution >= 0.6 is 11.3 Å². The van der Waals surface area contributed by atoms with Crippen LogP contribution in [-0.2, 0) is 16.6 Å². The smallest absolute Gasteiger partial charge is 0.285 e. The lowest BCUT2D eigenvalue weighted by molar-refractivity contribution is 0.417. The van der Waals surface area contributed by atoms with E-state index in [1.807, 2.05) is 25.1 Å². The normalized spacial score (nSPS) is 12.7. The molecular formula is C16H15FN2O3S2. The van der Waals surface area contributed by atoms with Crippen molar-refractivity contribution in [3.05, 3.63) is 53.1 Å². The molecule has 1 heterocycles. The Morgan fingerprint density at radius 2 is 1.92 bits per heavy atom. The number of aryl methyl sites for hydroxylation is 1. The SMILES string of the molecule is CCn1/c(=N/S(=O)(=O)c2ccc(F)cc2)sc2cccc(OC)c21. The molecular weight excluding hydrogens is 351 g/mol. The number of hydrogen-bond donors (Lipinski definition) is 0. The number of halogens is 1. The fraction of sp³-hybridized carbons (Fsp3) is 0.188. The summed E-state index contributed by atoms with van der Waals surface area (Å²) in [6.45, 7) is 2.44. The molecule has 0 aliphatic carbocycles. The van der Waals surface area contributed by atoms with Crippen LogP contribution in [0.2, 0.25) is 0 Å². The standard InChI is InChI=1S/C16H15FN2O3S2/c1-3-19-15-13(22-2)5-4-6-14(15)23-16(19)18-24(20,21)12-9-7-11(17)8-10-12/h4-10H,3H2,1-2H3/b18-16-. The van der Waals surface area contributed by atoms with E-state index in [9.17, 15) is 12.8 Å². The number of thiazole rings is 1. The fourth-order valence-electron chi connectivity index (χ4n) is 2.39. The second-order valence-electron chi connectivity index (χ2n) is 4.96. The predicted molar refractivity (Wildman–Crippen MR) is 91.2 cm³/mol. The highest BCUT2D eigenvalue weighted by Gasteiger charge is 2.16. The summed E-state index contributed by atoms with van der Waals surface area (Å²) < 4.78 is 50.0. The van der Waals surface area contributed by atoms with Gasteiger partial charge in [0, 0.05) is 6.54 Å². The molecule has 2 aromatic carbocycles. The minimum Gasteiger partial charge on any atom is -0.495 e. The molecule has 1 aromatic heterocycles. The van der Waals surface area contributed by atoms with Crippen LogP contribution in [-0.4, -0.2) is 20.1 Å². The Bertz CT molecular complexity index is 1050. The summed E-state index contributed by atoms with van der Waals surface area (Å²) >= 11 is 1.27. The van der Waals surface area contributed by atoms with Crippen molar-refractivity contribution in [2.75, 3.05) is 7.11 Å². The molecule has 0 fully saturated rings. The topological polar surface area (TPSA) is 60.7 Å². The van der Waals surface area contributed by atoms with Crippen LogP contribution in [0.3, 0.4) is 0 Å². The van der Waals surface area contributed by atoms with Crippen LogP contribution < -0.4 is 9.54 Å². The highest BCUT2D eigenvalue weighted by molar-refractivity contribution is 7.90. The predicted octanol–water partition coefficient (Wildman–Crippen LogP) is 3.16. The van der Waals surface area contributed by atoms with Crippen LogP contribution in [0.4, 0.5) is 4.39 Å². The zero-order valence-electron chi connectivity index (χ0n) is 13.1. The maximum atomic E-state index is 13.0. The monoisotopic (exact) mass is 366 g/mol. The number of aromatic nitrogens is 1. The molecule has 3 aromatic rings. The van der Waals surface area contributed by atoms with Gasteiger partial charge in [-0.3, -0.25) is 0 Å². The lowest BCUT2D eigenvalue weighted by Crippen LogP contribution is -2.16. The molecule has 0 unspecified atom stereocenters. The number of para-hydroxylation sites is 1. The van der Waals surface area contributed by atoms with Crippen molar-refractivity contribution < 1.29 is 17.5 Å². The van der Waals surface area contributed by atoms with E-state index >= 15 is 0 Å². The third-order valence-electron chi connectivity index (χ3n) is 3.51. The van der Waals surface area contributed by atoms with E-state index < -0.39 is 15.8 Å². The van der Waals surface area contributed by atoms with E-state index in [1.54, 1.807) is 11.7 Å². The molecule has 0 aliphatic rings. The van der Waals surface area contributed by atoms with Gasteiger partial charge in [-0.2, -0.15) is 8.42 Å². The Balaban J connectivity index is 2.25. The average molecular weight is 366 g/mol. The summed E-state index contributed by atoms with van der Waals surface area (Å²) in [5, 5.41) is 0. The number of rotatable bonds is 4. The fourth-order valence-corrected chi connectivity index (χ4v) is 4.70. The first kappa shape index (κ1) is 16.7. The largest absolute Gasteiger partial charge is 0.495 e. The number of fused-ring (bicyclic) bond motifs is 1. The van der Waals surface area contributed by atoms with Crippen molar-refractivity contribution in [2.45, 2.75) is 18.4 Å². The Labute approximate surface area is 142 Å². The van der Waals surface area contributed by atoms with E-state index in [-0.39, 0.29) is 4.90 Å². The number of sulfonamides is 1. The maximum Gasteiger partial charge on any atom is 0.285 e.